The fraction of sp³-hybridized carbons (Fsp3) is 0.231. The number of pyridine rings is 1. The van der Waals surface area contributed by atoms with Crippen molar-refractivity contribution >= 4 is 26.6 Å². The second-order valence-electron chi connectivity index (χ2n) is 4.09. The van der Waals surface area contributed by atoms with Gasteiger partial charge in [0.25, 0.3) is 0 Å². The predicted molar refractivity (Wildman–Crippen MR) is 74.0 cm³/mol. The highest BCUT2D eigenvalue weighted by Gasteiger charge is 2.23. The average Bonchev–Trinajstić information content (AvgIpc) is 2.39. The van der Waals surface area contributed by atoms with Gasteiger partial charge in [0, 0.05) is 5.39 Å². The number of nitrogens with zero attached hydrogens (tertiary/aromatic N) is 2. The summed E-state index contributed by atoms with van der Waals surface area (Å²) in [7, 11) is -3.70. The Labute approximate surface area is 111 Å². The lowest BCUT2D eigenvalue weighted by Gasteiger charge is -2.11. The summed E-state index contributed by atoms with van der Waals surface area (Å²) in [5, 5.41) is 8.61. The number of nitriles is 1. The molecule has 19 heavy (non-hydrogen) atoms. The Kier molecular flexibility index (Phi) is 3.67. The van der Waals surface area contributed by atoms with E-state index in [0.717, 1.165) is 10.9 Å². The van der Waals surface area contributed by atoms with Crippen LogP contribution >= 0.6 is 0 Å². The van der Waals surface area contributed by atoms with Crippen molar-refractivity contribution in [1.82, 2.24) is 4.98 Å². The molecule has 0 spiro atoms. The van der Waals surface area contributed by atoms with E-state index in [0.29, 0.717) is 5.69 Å². The molecule has 2 rings (SSSR count). The molecule has 0 saturated carbocycles. The maximum atomic E-state index is 11.9. The molecule has 1 unspecified atom stereocenters. The summed E-state index contributed by atoms with van der Waals surface area (Å²) in [5.41, 5.74) is 1.16. The number of anilines is 1. The Balaban J connectivity index is 2.34. The van der Waals surface area contributed by atoms with Gasteiger partial charge >= 0.3 is 0 Å². The number of sulfonamides is 1. The molecule has 6 heteroatoms. The summed E-state index contributed by atoms with van der Waals surface area (Å²) in [6.45, 7) is 1.66. The molecular formula is C13H13N3O2S. The van der Waals surface area contributed by atoms with Crippen molar-refractivity contribution < 1.29 is 8.42 Å². The van der Waals surface area contributed by atoms with Gasteiger partial charge in [-0.15, -0.1) is 0 Å². The number of para-hydroxylation sites is 1. The molecular weight excluding hydrogens is 262 g/mol. The SMILES string of the molecule is CCC(C#N)S(=O)(=O)Nc1cnc2ccccc2c1. The van der Waals surface area contributed by atoms with E-state index in [1.54, 1.807) is 19.1 Å². The van der Waals surface area contributed by atoms with E-state index in [1.165, 1.54) is 6.20 Å². The Morgan fingerprint density at radius 2 is 2.16 bits per heavy atom. The highest BCUT2D eigenvalue weighted by Crippen LogP contribution is 2.18. The second kappa shape index (κ2) is 5.24. The number of benzene rings is 1. The van der Waals surface area contributed by atoms with Gasteiger partial charge in [-0.2, -0.15) is 5.26 Å². The van der Waals surface area contributed by atoms with E-state index in [9.17, 15) is 8.42 Å². The van der Waals surface area contributed by atoms with Crippen LogP contribution in [0.3, 0.4) is 0 Å². The van der Waals surface area contributed by atoms with Crippen LogP contribution in [0.25, 0.3) is 10.9 Å². The first-order valence-electron chi connectivity index (χ1n) is 5.83. The van der Waals surface area contributed by atoms with Crippen molar-refractivity contribution in [3.05, 3.63) is 36.5 Å². The lowest BCUT2D eigenvalue weighted by atomic mass is 10.2. The third-order valence-electron chi connectivity index (χ3n) is 2.74. The third-order valence-corrected chi connectivity index (χ3v) is 4.45. The first kappa shape index (κ1) is 13.3. The molecule has 0 bridgehead atoms. The van der Waals surface area contributed by atoms with Gasteiger partial charge in [0.15, 0.2) is 5.25 Å². The van der Waals surface area contributed by atoms with E-state index < -0.39 is 15.3 Å². The molecule has 0 saturated heterocycles. The highest BCUT2D eigenvalue weighted by atomic mass is 32.2. The lowest BCUT2D eigenvalue weighted by Crippen LogP contribution is -2.25. The molecule has 1 aromatic heterocycles. The minimum Gasteiger partial charge on any atom is -0.281 e. The van der Waals surface area contributed by atoms with Crippen molar-refractivity contribution in [2.75, 3.05) is 4.72 Å². The van der Waals surface area contributed by atoms with Crippen LogP contribution in [0.5, 0.6) is 0 Å². The molecule has 2 aromatic rings. The minimum atomic E-state index is -3.70. The van der Waals surface area contributed by atoms with Gasteiger partial charge in [-0.1, -0.05) is 25.1 Å². The van der Waals surface area contributed by atoms with Crippen LogP contribution in [-0.4, -0.2) is 18.7 Å². The zero-order valence-electron chi connectivity index (χ0n) is 10.4. The predicted octanol–water partition coefficient (Wildman–Crippen LogP) is 2.28. The van der Waals surface area contributed by atoms with Gasteiger partial charge in [-0.3, -0.25) is 9.71 Å². The quantitative estimate of drug-likeness (QED) is 0.927. The molecule has 1 atom stereocenters. The Hall–Kier alpha value is -2.13. The summed E-state index contributed by atoms with van der Waals surface area (Å²) in [4.78, 5) is 4.17. The van der Waals surface area contributed by atoms with Crippen LogP contribution in [0, 0.1) is 11.3 Å². The first-order chi connectivity index (χ1) is 9.06. The average molecular weight is 275 g/mol. The second-order valence-corrected chi connectivity index (χ2v) is 5.95. The molecule has 1 aromatic carbocycles. The van der Waals surface area contributed by atoms with Gasteiger partial charge in [-0.25, -0.2) is 8.42 Å². The largest absolute Gasteiger partial charge is 0.281 e. The molecule has 0 amide bonds. The molecule has 0 radical (unpaired) electrons. The number of nitrogens with one attached hydrogen (secondary N) is 1. The number of rotatable bonds is 4. The van der Waals surface area contributed by atoms with E-state index in [2.05, 4.69) is 9.71 Å². The van der Waals surface area contributed by atoms with Gasteiger partial charge in [0.05, 0.1) is 23.5 Å². The number of aromatic nitrogens is 1. The van der Waals surface area contributed by atoms with Crippen LogP contribution in [0.1, 0.15) is 13.3 Å². The smallest absolute Gasteiger partial charge is 0.249 e. The van der Waals surface area contributed by atoms with Crippen LogP contribution in [0.15, 0.2) is 36.5 Å². The van der Waals surface area contributed by atoms with Gasteiger partial charge in [0.1, 0.15) is 0 Å². The number of hydrogen-bond donors (Lipinski definition) is 1. The molecule has 0 aliphatic rings. The molecule has 0 aliphatic heterocycles. The van der Waals surface area contributed by atoms with Crippen LogP contribution in [0.4, 0.5) is 5.69 Å². The molecule has 0 aliphatic carbocycles. The molecule has 1 heterocycles. The van der Waals surface area contributed by atoms with Gasteiger partial charge < -0.3 is 0 Å². The summed E-state index contributed by atoms with van der Waals surface area (Å²) < 4.78 is 26.3. The van der Waals surface area contributed by atoms with Crippen LogP contribution < -0.4 is 4.72 Å². The molecule has 98 valence electrons. The highest BCUT2D eigenvalue weighted by molar-refractivity contribution is 7.93. The summed E-state index contributed by atoms with van der Waals surface area (Å²) >= 11 is 0. The fourth-order valence-corrected chi connectivity index (χ4v) is 2.90. The van der Waals surface area contributed by atoms with Crippen LogP contribution in [-0.2, 0) is 10.0 Å². The van der Waals surface area contributed by atoms with Crippen molar-refractivity contribution in [3.8, 4) is 6.07 Å². The van der Waals surface area contributed by atoms with E-state index in [1.807, 2.05) is 24.3 Å². The monoisotopic (exact) mass is 275 g/mol. The zero-order chi connectivity index (χ0) is 13.9. The van der Waals surface area contributed by atoms with Gasteiger partial charge in [-0.05, 0) is 18.6 Å². The summed E-state index contributed by atoms with van der Waals surface area (Å²) in [6, 6.07) is 10.9. The fourth-order valence-electron chi connectivity index (χ4n) is 1.74. The maximum Gasteiger partial charge on any atom is 0.249 e. The zero-order valence-corrected chi connectivity index (χ0v) is 11.2. The Bertz CT molecular complexity index is 735. The van der Waals surface area contributed by atoms with E-state index in [4.69, 9.17) is 5.26 Å². The minimum absolute atomic E-state index is 0.243. The lowest BCUT2D eigenvalue weighted by molar-refractivity contribution is 0.593. The van der Waals surface area contributed by atoms with Crippen LogP contribution in [0.2, 0.25) is 0 Å². The van der Waals surface area contributed by atoms with Crippen molar-refractivity contribution in [1.29, 1.82) is 5.26 Å². The van der Waals surface area contributed by atoms with Gasteiger partial charge in [0.2, 0.25) is 10.0 Å². The maximum absolute atomic E-state index is 11.9. The van der Waals surface area contributed by atoms with Crippen molar-refractivity contribution in [2.24, 2.45) is 0 Å². The first-order valence-corrected chi connectivity index (χ1v) is 7.37. The summed E-state index contributed by atoms with van der Waals surface area (Å²) in [6.07, 6.45) is 1.69. The normalized spacial score (nSPS) is 12.8. The topological polar surface area (TPSA) is 82.8 Å². The molecule has 0 fully saturated rings. The number of fused-ring (bicyclic) bond motifs is 1. The number of hydrogen-bond acceptors (Lipinski definition) is 4. The Morgan fingerprint density at radius 3 is 2.84 bits per heavy atom. The van der Waals surface area contributed by atoms with E-state index in [-0.39, 0.29) is 6.42 Å². The molecule has 1 N–H and O–H groups in total. The van der Waals surface area contributed by atoms with E-state index >= 15 is 0 Å². The Morgan fingerprint density at radius 1 is 1.42 bits per heavy atom. The summed E-state index contributed by atoms with van der Waals surface area (Å²) in [5.74, 6) is 0. The van der Waals surface area contributed by atoms with Crippen molar-refractivity contribution in [3.63, 3.8) is 0 Å². The van der Waals surface area contributed by atoms with Crippen molar-refractivity contribution in [2.45, 2.75) is 18.6 Å². The standard InChI is InChI=1S/C13H13N3O2S/c1-2-12(8-14)19(17,18)16-11-7-10-5-3-4-6-13(10)15-9-11/h3-7,9,12,16H,2H2,1H3. The third kappa shape index (κ3) is 2.83. The molecule has 5 nitrogen and oxygen atoms in total.